The fourth-order valence-electron chi connectivity index (χ4n) is 2.66. The van der Waals surface area contributed by atoms with Gasteiger partial charge in [0.1, 0.15) is 0 Å². The van der Waals surface area contributed by atoms with Gasteiger partial charge < -0.3 is 0 Å². The van der Waals surface area contributed by atoms with Crippen molar-refractivity contribution in [3.8, 4) is 11.4 Å². The number of carbonyl (C=O) groups is 1. The molecule has 25 heavy (non-hydrogen) atoms. The van der Waals surface area contributed by atoms with Crippen molar-refractivity contribution >= 4 is 17.5 Å². The molecule has 0 saturated carbocycles. The molecule has 3 aromatic rings. The zero-order valence-electron chi connectivity index (χ0n) is 14.6. The Labute approximate surface area is 152 Å². The molecule has 1 aromatic heterocycles. The van der Waals surface area contributed by atoms with Gasteiger partial charge in [-0.3, -0.25) is 9.36 Å². The number of aryl methyl sites for hydroxylation is 1. The van der Waals surface area contributed by atoms with Gasteiger partial charge >= 0.3 is 0 Å². The van der Waals surface area contributed by atoms with Crippen LogP contribution in [0.15, 0.2) is 59.8 Å². The van der Waals surface area contributed by atoms with E-state index >= 15 is 0 Å². The zero-order chi connectivity index (χ0) is 17.8. The van der Waals surface area contributed by atoms with Crippen LogP contribution in [0.4, 0.5) is 0 Å². The summed E-state index contributed by atoms with van der Waals surface area (Å²) in [6.07, 6.45) is 0. The molecule has 3 rings (SSSR count). The number of Topliss-reactive ketones (excluding diaryl/α,β-unsaturated/α-hetero) is 1. The smallest absolute Gasteiger partial charge is 0.192 e. The van der Waals surface area contributed by atoms with E-state index in [1.807, 2.05) is 42.5 Å². The maximum Gasteiger partial charge on any atom is 0.192 e. The molecule has 2 aromatic carbocycles. The first-order chi connectivity index (χ1) is 12.1. The SMILES string of the molecule is Cc1cccc(-c2nnc(SCC(=O)c3ccccc3)n2C(C)C)c1. The molecule has 0 spiro atoms. The third-order valence-electron chi connectivity index (χ3n) is 3.89. The number of carbonyl (C=O) groups excluding carboxylic acids is 1. The van der Waals surface area contributed by atoms with Crippen molar-refractivity contribution in [2.45, 2.75) is 32.0 Å². The van der Waals surface area contributed by atoms with Crippen molar-refractivity contribution in [3.63, 3.8) is 0 Å². The van der Waals surface area contributed by atoms with Gasteiger partial charge in [0.05, 0.1) is 5.75 Å². The molecule has 0 aliphatic carbocycles. The van der Waals surface area contributed by atoms with Crippen LogP contribution in [0.3, 0.4) is 0 Å². The number of ketones is 1. The molecule has 0 fully saturated rings. The minimum absolute atomic E-state index is 0.0982. The molecule has 4 nitrogen and oxygen atoms in total. The molecule has 0 N–H and O–H groups in total. The predicted octanol–water partition coefficient (Wildman–Crippen LogP) is 4.81. The average Bonchev–Trinajstić information content (AvgIpc) is 3.04. The lowest BCUT2D eigenvalue weighted by Gasteiger charge is -2.14. The fourth-order valence-corrected chi connectivity index (χ4v) is 3.62. The van der Waals surface area contributed by atoms with Crippen molar-refractivity contribution in [3.05, 3.63) is 65.7 Å². The Balaban J connectivity index is 1.84. The summed E-state index contributed by atoms with van der Waals surface area (Å²) in [7, 11) is 0. The van der Waals surface area contributed by atoms with E-state index < -0.39 is 0 Å². The molecule has 0 amide bonds. The molecular formula is C20H21N3OS. The Morgan fingerprint density at radius 2 is 1.84 bits per heavy atom. The van der Waals surface area contributed by atoms with Gasteiger partial charge in [0.2, 0.25) is 0 Å². The lowest BCUT2D eigenvalue weighted by molar-refractivity contribution is 0.102. The summed E-state index contributed by atoms with van der Waals surface area (Å²) in [5, 5.41) is 9.49. The highest BCUT2D eigenvalue weighted by molar-refractivity contribution is 7.99. The van der Waals surface area contributed by atoms with E-state index in [-0.39, 0.29) is 11.8 Å². The van der Waals surface area contributed by atoms with Crippen LogP contribution in [0, 0.1) is 6.92 Å². The second-order valence-corrected chi connectivity index (χ2v) is 7.16. The van der Waals surface area contributed by atoms with Crippen LogP contribution < -0.4 is 0 Å². The maximum atomic E-state index is 12.3. The van der Waals surface area contributed by atoms with E-state index in [1.165, 1.54) is 17.3 Å². The van der Waals surface area contributed by atoms with Crippen LogP contribution in [0.2, 0.25) is 0 Å². The lowest BCUT2D eigenvalue weighted by Crippen LogP contribution is -2.07. The molecule has 5 heteroatoms. The van der Waals surface area contributed by atoms with E-state index in [1.54, 1.807) is 0 Å². The van der Waals surface area contributed by atoms with Crippen LogP contribution in [-0.4, -0.2) is 26.3 Å². The van der Waals surface area contributed by atoms with E-state index in [0.29, 0.717) is 5.75 Å². The number of hydrogen-bond donors (Lipinski definition) is 0. The zero-order valence-corrected chi connectivity index (χ0v) is 15.5. The van der Waals surface area contributed by atoms with Gasteiger partial charge in [-0.25, -0.2) is 0 Å². The van der Waals surface area contributed by atoms with Crippen molar-refractivity contribution in [1.82, 2.24) is 14.8 Å². The molecular weight excluding hydrogens is 330 g/mol. The first-order valence-corrected chi connectivity index (χ1v) is 9.28. The van der Waals surface area contributed by atoms with Gasteiger partial charge in [0.15, 0.2) is 16.8 Å². The van der Waals surface area contributed by atoms with Crippen molar-refractivity contribution in [1.29, 1.82) is 0 Å². The summed E-state index contributed by atoms with van der Waals surface area (Å²) in [5.74, 6) is 1.29. The maximum absolute atomic E-state index is 12.3. The summed E-state index contributed by atoms with van der Waals surface area (Å²) in [6, 6.07) is 17.8. The van der Waals surface area contributed by atoms with Gasteiger partial charge in [0, 0.05) is 17.2 Å². The molecule has 1 heterocycles. The molecule has 0 radical (unpaired) electrons. The Morgan fingerprint density at radius 3 is 2.52 bits per heavy atom. The lowest BCUT2D eigenvalue weighted by atomic mass is 10.1. The highest BCUT2D eigenvalue weighted by Gasteiger charge is 2.18. The number of hydrogen-bond acceptors (Lipinski definition) is 4. The van der Waals surface area contributed by atoms with E-state index in [2.05, 4.69) is 47.7 Å². The number of thioether (sulfide) groups is 1. The highest BCUT2D eigenvalue weighted by Crippen LogP contribution is 2.28. The number of benzene rings is 2. The summed E-state index contributed by atoms with van der Waals surface area (Å²) < 4.78 is 2.09. The minimum atomic E-state index is 0.0982. The Bertz CT molecular complexity index is 872. The standard InChI is InChI=1S/C20H21N3OS/c1-14(2)23-19(17-11-7-8-15(3)12-17)21-22-20(23)25-13-18(24)16-9-5-4-6-10-16/h4-12,14H,13H2,1-3H3. The monoisotopic (exact) mass is 351 g/mol. The van der Waals surface area contributed by atoms with E-state index in [9.17, 15) is 4.79 Å². The molecule has 0 atom stereocenters. The third kappa shape index (κ3) is 3.99. The Hall–Kier alpha value is -2.40. The predicted molar refractivity (Wildman–Crippen MR) is 102 cm³/mol. The molecule has 0 bridgehead atoms. The van der Waals surface area contributed by atoms with Gasteiger partial charge in [0.25, 0.3) is 0 Å². The molecule has 0 unspecified atom stereocenters. The Morgan fingerprint density at radius 1 is 1.08 bits per heavy atom. The highest BCUT2D eigenvalue weighted by atomic mass is 32.2. The molecule has 0 aliphatic rings. The van der Waals surface area contributed by atoms with Crippen molar-refractivity contribution in [2.24, 2.45) is 0 Å². The Kier molecular flexibility index (Phi) is 5.34. The van der Waals surface area contributed by atoms with Gasteiger partial charge in [-0.15, -0.1) is 10.2 Å². The first kappa shape index (κ1) is 17.4. The quantitative estimate of drug-likeness (QED) is 0.472. The van der Waals surface area contributed by atoms with Crippen LogP contribution in [0.5, 0.6) is 0 Å². The summed E-state index contributed by atoms with van der Waals surface area (Å²) in [4.78, 5) is 12.3. The third-order valence-corrected chi connectivity index (χ3v) is 4.83. The van der Waals surface area contributed by atoms with Gasteiger partial charge in [-0.2, -0.15) is 0 Å². The van der Waals surface area contributed by atoms with Crippen molar-refractivity contribution in [2.75, 3.05) is 5.75 Å². The van der Waals surface area contributed by atoms with Gasteiger partial charge in [-0.05, 0) is 26.8 Å². The van der Waals surface area contributed by atoms with Gasteiger partial charge in [-0.1, -0.05) is 65.9 Å². The topological polar surface area (TPSA) is 47.8 Å². The fraction of sp³-hybridized carbons (Fsp3) is 0.250. The summed E-state index contributed by atoms with van der Waals surface area (Å²) in [5.41, 5.74) is 2.95. The number of nitrogens with zero attached hydrogens (tertiary/aromatic N) is 3. The summed E-state index contributed by atoms with van der Waals surface area (Å²) >= 11 is 1.44. The molecule has 0 saturated heterocycles. The second kappa shape index (κ2) is 7.66. The van der Waals surface area contributed by atoms with Crippen LogP contribution >= 0.6 is 11.8 Å². The average molecular weight is 351 g/mol. The van der Waals surface area contributed by atoms with Crippen LogP contribution in [0.1, 0.15) is 35.8 Å². The minimum Gasteiger partial charge on any atom is -0.299 e. The van der Waals surface area contributed by atoms with Crippen molar-refractivity contribution < 1.29 is 4.79 Å². The normalized spacial score (nSPS) is 11.0. The summed E-state index contributed by atoms with van der Waals surface area (Å²) in [6.45, 7) is 6.27. The van der Waals surface area contributed by atoms with E-state index in [0.717, 1.165) is 22.1 Å². The van der Waals surface area contributed by atoms with E-state index in [4.69, 9.17) is 0 Å². The first-order valence-electron chi connectivity index (χ1n) is 8.29. The molecule has 0 aliphatic heterocycles. The number of rotatable bonds is 6. The van der Waals surface area contributed by atoms with Crippen LogP contribution in [0.25, 0.3) is 11.4 Å². The molecule has 128 valence electrons. The van der Waals surface area contributed by atoms with Crippen LogP contribution in [-0.2, 0) is 0 Å². The largest absolute Gasteiger partial charge is 0.299 e. The number of aromatic nitrogens is 3. The second-order valence-electron chi connectivity index (χ2n) is 6.22.